The maximum Gasteiger partial charge on any atom is 0.504 e. The molecule has 2 nitrogen and oxygen atoms in total. The molecule has 0 N–H and O–H groups in total. The van der Waals surface area contributed by atoms with Crippen molar-refractivity contribution in [1.82, 2.24) is 0 Å². The van der Waals surface area contributed by atoms with E-state index >= 15 is 0 Å². The lowest BCUT2D eigenvalue weighted by Gasteiger charge is -2.32. The number of hydrogen-bond acceptors (Lipinski definition) is 5. The molecule has 1 aliphatic heterocycles. The van der Waals surface area contributed by atoms with Crippen molar-refractivity contribution in [1.29, 1.82) is 0 Å². The lowest BCUT2D eigenvalue weighted by atomic mass is 9.82. The zero-order valence-electron chi connectivity index (χ0n) is 13.1. The zero-order chi connectivity index (χ0) is 15.9. The van der Waals surface area contributed by atoms with Crippen molar-refractivity contribution in [3.8, 4) is 19.5 Å². The minimum absolute atomic E-state index is 0.111. The molecule has 118 valence electrons. The number of hydrogen-bond donors (Lipinski definition) is 0. The Balaban J connectivity index is 1.52. The van der Waals surface area contributed by atoms with Crippen LogP contribution in [0.3, 0.4) is 0 Å². The zero-order valence-corrected chi connectivity index (χ0v) is 15.5. The van der Waals surface area contributed by atoms with Crippen molar-refractivity contribution in [2.45, 2.75) is 13.8 Å². The first-order chi connectivity index (χ1) is 11.1. The molecule has 6 heteroatoms. The Hall–Kier alpha value is -0.915. The van der Waals surface area contributed by atoms with Crippen LogP contribution < -0.4 is 4.78 Å². The average Bonchev–Trinajstić information content (AvgIpc) is 3.27. The summed E-state index contributed by atoms with van der Waals surface area (Å²) in [5, 5.41) is 2.12. The predicted octanol–water partition coefficient (Wildman–Crippen LogP) is 4.97. The Morgan fingerprint density at radius 2 is 1.52 bits per heavy atom. The molecule has 1 aliphatic rings. The van der Waals surface area contributed by atoms with Crippen LogP contribution in [0.4, 0.5) is 0 Å². The van der Waals surface area contributed by atoms with Crippen molar-refractivity contribution in [3.63, 3.8) is 0 Å². The summed E-state index contributed by atoms with van der Waals surface area (Å²) in [6.45, 7) is 5.82. The number of thiophene rings is 3. The smallest absolute Gasteiger partial charge is 0.406 e. The third-order valence-electron chi connectivity index (χ3n) is 3.72. The molecule has 0 unspecified atom stereocenters. The van der Waals surface area contributed by atoms with E-state index in [2.05, 4.69) is 55.6 Å². The quantitative estimate of drug-likeness (QED) is 0.614. The van der Waals surface area contributed by atoms with Gasteiger partial charge < -0.3 is 9.31 Å². The van der Waals surface area contributed by atoms with Crippen molar-refractivity contribution < 1.29 is 9.31 Å². The van der Waals surface area contributed by atoms with Gasteiger partial charge in [0.1, 0.15) is 0 Å². The Labute approximate surface area is 148 Å². The molecule has 0 aromatic carbocycles. The molecule has 0 atom stereocenters. The molecule has 0 saturated carbocycles. The first-order valence-electron chi connectivity index (χ1n) is 7.58. The van der Waals surface area contributed by atoms with Gasteiger partial charge >= 0.3 is 7.12 Å². The summed E-state index contributed by atoms with van der Waals surface area (Å²) < 4.78 is 12.9. The molecule has 1 fully saturated rings. The normalized spacial score (nSPS) is 17.6. The SMILES string of the molecule is CC1(C)COB(c2ccc(-c3ccc(-c4cccs4)s3)s2)OC1. The monoisotopic (exact) mass is 360 g/mol. The summed E-state index contributed by atoms with van der Waals surface area (Å²) in [4.78, 5) is 5.25. The van der Waals surface area contributed by atoms with Crippen LogP contribution in [-0.4, -0.2) is 20.3 Å². The van der Waals surface area contributed by atoms with Gasteiger partial charge in [0.25, 0.3) is 0 Å². The van der Waals surface area contributed by atoms with Crippen LogP contribution in [0.15, 0.2) is 41.8 Å². The van der Waals surface area contributed by atoms with E-state index in [0.717, 1.165) is 18.0 Å². The standard InChI is InChI=1S/C17H17BO2S3/c1-17(2)10-19-18(20-11-17)16-8-7-15(23-16)14-6-5-13(22-14)12-4-3-9-21-12/h3-9H,10-11H2,1-2H3. The minimum Gasteiger partial charge on any atom is -0.406 e. The van der Waals surface area contributed by atoms with Crippen molar-refractivity contribution >= 4 is 45.9 Å². The second-order valence-electron chi connectivity index (χ2n) is 6.46. The fourth-order valence-corrected chi connectivity index (χ4v) is 5.43. The lowest BCUT2D eigenvalue weighted by Crippen LogP contribution is -2.46. The molecule has 4 heterocycles. The van der Waals surface area contributed by atoms with Gasteiger partial charge in [0.05, 0.1) is 0 Å². The third-order valence-corrected chi connectivity index (χ3v) is 7.18. The van der Waals surface area contributed by atoms with E-state index < -0.39 is 0 Å². The highest BCUT2D eigenvalue weighted by molar-refractivity contribution is 7.29. The van der Waals surface area contributed by atoms with Crippen LogP contribution in [0.25, 0.3) is 19.5 Å². The highest BCUT2D eigenvalue weighted by atomic mass is 32.1. The van der Waals surface area contributed by atoms with Crippen molar-refractivity contribution in [3.05, 3.63) is 41.8 Å². The Kier molecular flexibility index (Phi) is 4.20. The van der Waals surface area contributed by atoms with E-state index in [9.17, 15) is 0 Å². The summed E-state index contributed by atoms with van der Waals surface area (Å²) in [6, 6.07) is 13.0. The van der Waals surface area contributed by atoms with Gasteiger partial charge in [-0.25, -0.2) is 0 Å². The summed E-state index contributed by atoms with van der Waals surface area (Å²) in [6.07, 6.45) is 0. The van der Waals surface area contributed by atoms with E-state index in [0.29, 0.717) is 0 Å². The summed E-state index contributed by atoms with van der Waals surface area (Å²) in [5.41, 5.74) is 0.111. The minimum atomic E-state index is -0.210. The molecular formula is C17H17BO2S3. The van der Waals surface area contributed by atoms with Crippen LogP contribution in [0.2, 0.25) is 0 Å². The van der Waals surface area contributed by atoms with Gasteiger partial charge in [0.2, 0.25) is 0 Å². The van der Waals surface area contributed by atoms with E-state index in [1.54, 1.807) is 22.7 Å². The topological polar surface area (TPSA) is 18.5 Å². The van der Waals surface area contributed by atoms with Gasteiger partial charge in [-0.2, -0.15) is 0 Å². The van der Waals surface area contributed by atoms with E-state index in [4.69, 9.17) is 9.31 Å². The van der Waals surface area contributed by atoms with E-state index in [-0.39, 0.29) is 12.5 Å². The molecule has 23 heavy (non-hydrogen) atoms. The summed E-state index contributed by atoms with van der Waals surface area (Å²) >= 11 is 5.40. The van der Waals surface area contributed by atoms with Gasteiger partial charge in [0.15, 0.2) is 0 Å². The molecule has 1 saturated heterocycles. The van der Waals surface area contributed by atoms with E-state index in [1.807, 2.05) is 11.3 Å². The van der Waals surface area contributed by atoms with Crippen LogP contribution in [0.5, 0.6) is 0 Å². The van der Waals surface area contributed by atoms with Crippen LogP contribution >= 0.6 is 34.0 Å². The molecule has 0 aliphatic carbocycles. The molecule has 3 aromatic heterocycles. The Morgan fingerprint density at radius 3 is 2.22 bits per heavy atom. The van der Waals surface area contributed by atoms with Crippen molar-refractivity contribution in [2.75, 3.05) is 13.2 Å². The highest BCUT2D eigenvalue weighted by Gasteiger charge is 2.34. The maximum absolute atomic E-state index is 5.89. The van der Waals surface area contributed by atoms with Crippen molar-refractivity contribution in [2.24, 2.45) is 5.41 Å². The Morgan fingerprint density at radius 1 is 0.870 bits per heavy atom. The molecule has 0 amide bonds. The first-order valence-corrected chi connectivity index (χ1v) is 10.1. The van der Waals surface area contributed by atoms with E-state index in [1.165, 1.54) is 19.5 Å². The van der Waals surface area contributed by atoms with Gasteiger partial charge in [-0.1, -0.05) is 26.0 Å². The summed E-state index contributed by atoms with van der Waals surface area (Å²) in [5.74, 6) is 0. The first kappa shape index (κ1) is 15.6. The van der Waals surface area contributed by atoms with Gasteiger partial charge in [-0.05, 0) is 29.6 Å². The average molecular weight is 360 g/mol. The largest absolute Gasteiger partial charge is 0.504 e. The molecule has 0 bridgehead atoms. The molecule has 4 rings (SSSR count). The van der Waals surface area contributed by atoms with Gasteiger partial charge in [-0.15, -0.1) is 34.0 Å². The summed E-state index contributed by atoms with van der Waals surface area (Å²) in [7, 11) is -0.210. The van der Waals surface area contributed by atoms with Gasteiger partial charge in [0, 0.05) is 42.9 Å². The molecule has 0 spiro atoms. The second-order valence-corrected chi connectivity index (χ2v) is 9.61. The third kappa shape index (κ3) is 3.32. The van der Waals surface area contributed by atoms with Crippen LogP contribution in [0, 0.1) is 5.41 Å². The van der Waals surface area contributed by atoms with Crippen LogP contribution in [-0.2, 0) is 9.31 Å². The molecule has 0 radical (unpaired) electrons. The van der Waals surface area contributed by atoms with Crippen LogP contribution in [0.1, 0.15) is 13.8 Å². The second kappa shape index (κ2) is 6.18. The maximum atomic E-state index is 5.89. The number of rotatable bonds is 3. The molecular weight excluding hydrogens is 343 g/mol. The lowest BCUT2D eigenvalue weighted by molar-refractivity contribution is 0.0346. The van der Waals surface area contributed by atoms with Gasteiger partial charge in [-0.3, -0.25) is 0 Å². The molecule has 3 aromatic rings. The predicted molar refractivity (Wildman–Crippen MR) is 102 cm³/mol. The highest BCUT2D eigenvalue weighted by Crippen LogP contribution is 2.38. The fraction of sp³-hybridized carbons (Fsp3) is 0.294. The fourth-order valence-electron chi connectivity index (χ4n) is 2.49. The Bertz CT molecular complexity index is 778.